The van der Waals surface area contributed by atoms with Gasteiger partial charge >= 0.3 is 11.8 Å². The third-order valence-corrected chi connectivity index (χ3v) is 1.70. The van der Waals surface area contributed by atoms with Crippen LogP contribution in [0.4, 0.5) is 5.82 Å². The summed E-state index contributed by atoms with van der Waals surface area (Å²) in [6.45, 7) is 2.33. The van der Waals surface area contributed by atoms with Gasteiger partial charge in [-0.15, -0.1) is 0 Å². The van der Waals surface area contributed by atoms with Crippen LogP contribution in [0.15, 0.2) is 6.20 Å². The summed E-state index contributed by atoms with van der Waals surface area (Å²) in [5, 5.41) is 11.0. The minimum Gasteiger partial charge on any atom is -0.347 e. The molecule has 0 saturated heterocycles. The van der Waals surface area contributed by atoms with Gasteiger partial charge in [0.15, 0.2) is 0 Å². The maximum atomic E-state index is 11.3. The minimum absolute atomic E-state index is 0.272. The molecule has 7 nitrogen and oxygen atoms in total. The van der Waals surface area contributed by atoms with E-state index in [0.717, 1.165) is 5.56 Å². The Morgan fingerprint density at radius 1 is 1.53 bits per heavy atom. The van der Waals surface area contributed by atoms with Crippen LogP contribution in [0, 0.1) is 6.92 Å². The molecule has 0 aliphatic carbocycles. The lowest BCUT2D eigenvalue weighted by molar-refractivity contribution is -0.136. The van der Waals surface area contributed by atoms with Crippen molar-refractivity contribution >= 4 is 17.6 Å². The van der Waals surface area contributed by atoms with Crippen LogP contribution >= 0.6 is 0 Å². The number of nitrogens with one attached hydrogen (secondary N) is 3. The monoisotopic (exact) mass is 211 g/mol. The van der Waals surface area contributed by atoms with E-state index < -0.39 is 11.8 Å². The molecule has 82 valence electrons. The zero-order valence-electron chi connectivity index (χ0n) is 8.33. The number of aromatic nitrogens is 2. The molecule has 0 aliphatic rings. The summed E-state index contributed by atoms with van der Waals surface area (Å²) in [6.07, 6.45) is 1.55. The van der Waals surface area contributed by atoms with E-state index in [9.17, 15) is 9.59 Å². The lowest BCUT2D eigenvalue weighted by Crippen LogP contribution is -2.38. The van der Waals surface area contributed by atoms with Crippen LogP contribution in [0.3, 0.4) is 0 Å². The molecule has 0 bridgehead atoms. The van der Waals surface area contributed by atoms with Crippen molar-refractivity contribution in [3.63, 3.8) is 0 Å². The van der Waals surface area contributed by atoms with E-state index in [-0.39, 0.29) is 6.54 Å². The molecule has 0 spiro atoms. The first-order valence-corrected chi connectivity index (χ1v) is 4.44. The number of nitrogens with zero attached hydrogens (tertiary/aromatic N) is 1. The highest BCUT2D eigenvalue weighted by Crippen LogP contribution is 2.07. The molecule has 0 aliphatic heterocycles. The first kappa shape index (κ1) is 11.2. The van der Waals surface area contributed by atoms with E-state index in [2.05, 4.69) is 20.8 Å². The fourth-order valence-corrected chi connectivity index (χ4v) is 0.909. The van der Waals surface area contributed by atoms with Gasteiger partial charge in [0, 0.05) is 18.7 Å². The highest BCUT2D eigenvalue weighted by atomic mass is 16.2. The molecule has 0 fully saturated rings. The number of hydrogen-bond donors (Lipinski definition) is 4. The third-order valence-electron chi connectivity index (χ3n) is 1.70. The Hall–Kier alpha value is -1.89. The van der Waals surface area contributed by atoms with Crippen molar-refractivity contribution in [2.24, 2.45) is 5.73 Å². The van der Waals surface area contributed by atoms with Crippen molar-refractivity contribution in [2.75, 3.05) is 18.4 Å². The molecular weight excluding hydrogens is 198 g/mol. The van der Waals surface area contributed by atoms with Gasteiger partial charge in [0.1, 0.15) is 5.82 Å². The Labute approximate surface area is 86.4 Å². The SMILES string of the molecule is Cc1cn[nH]c1NC(=O)C(=O)NCCN. The predicted octanol–water partition coefficient (Wildman–Crippen LogP) is -1.27. The quantitative estimate of drug-likeness (QED) is 0.467. The second-order valence-electron chi connectivity index (χ2n) is 2.93. The highest BCUT2D eigenvalue weighted by molar-refractivity contribution is 6.39. The van der Waals surface area contributed by atoms with Crippen LogP contribution in [0.5, 0.6) is 0 Å². The standard InChI is InChI=1S/C8H13N5O2/c1-5-4-11-13-6(5)12-8(15)7(14)10-3-2-9/h4H,2-3,9H2,1H3,(H,10,14)(H2,11,12,13,15). The predicted molar refractivity (Wildman–Crippen MR) is 54.0 cm³/mol. The van der Waals surface area contributed by atoms with Gasteiger partial charge in [0.05, 0.1) is 6.20 Å². The van der Waals surface area contributed by atoms with Gasteiger partial charge in [-0.05, 0) is 6.92 Å². The van der Waals surface area contributed by atoms with Gasteiger partial charge in [-0.1, -0.05) is 0 Å². The maximum absolute atomic E-state index is 11.3. The molecule has 2 amide bonds. The summed E-state index contributed by atoms with van der Waals surface area (Å²) in [5.74, 6) is -1.03. The van der Waals surface area contributed by atoms with Crippen LogP contribution in [0.2, 0.25) is 0 Å². The van der Waals surface area contributed by atoms with E-state index in [1.54, 1.807) is 13.1 Å². The number of rotatable bonds is 3. The maximum Gasteiger partial charge on any atom is 0.314 e. The van der Waals surface area contributed by atoms with Crippen molar-refractivity contribution < 1.29 is 9.59 Å². The number of nitrogens with two attached hydrogens (primary N) is 1. The molecular formula is C8H13N5O2. The van der Waals surface area contributed by atoms with Gasteiger partial charge in [0.2, 0.25) is 0 Å². The Bertz CT molecular complexity index is 360. The van der Waals surface area contributed by atoms with Gasteiger partial charge < -0.3 is 16.4 Å². The average Bonchev–Trinajstić information content (AvgIpc) is 2.61. The minimum atomic E-state index is -0.740. The lowest BCUT2D eigenvalue weighted by Gasteiger charge is -2.03. The van der Waals surface area contributed by atoms with Crippen LogP contribution in [0.25, 0.3) is 0 Å². The van der Waals surface area contributed by atoms with Gasteiger partial charge in [-0.25, -0.2) is 0 Å². The van der Waals surface area contributed by atoms with Crippen LogP contribution in [-0.4, -0.2) is 35.1 Å². The number of carbonyl (C=O) groups excluding carboxylic acids is 2. The lowest BCUT2D eigenvalue weighted by atomic mass is 10.3. The van der Waals surface area contributed by atoms with Crippen molar-refractivity contribution in [3.8, 4) is 0 Å². The third kappa shape index (κ3) is 3.06. The highest BCUT2D eigenvalue weighted by Gasteiger charge is 2.14. The van der Waals surface area contributed by atoms with E-state index in [0.29, 0.717) is 12.4 Å². The van der Waals surface area contributed by atoms with Crippen LogP contribution in [0.1, 0.15) is 5.56 Å². The van der Waals surface area contributed by atoms with E-state index in [1.807, 2.05) is 0 Å². The van der Waals surface area contributed by atoms with E-state index in [4.69, 9.17) is 5.73 Å². The summed E-state index contributed by atoms with van der Waals surface area (Å²) in [4.78, 5) is 22.4. The number of aryl methyl sites for hydroxylation is 1. The Morgan fingerprint density at radius 3 is 2.80 bits per heavy atom. The van der Waals surface area contributed by atoms with E-state index >= 15 is 0 Å². The molecule has 0 aromatic carbocycles. The second kappa shape index (κ2) is 5.11. The van der Waals surface area contributed by atoms with Crippen molar-refractivity contribution in [1.29, 1.82) is 0 Å². The molecule has 15 heavy (non-hydrogen) atoms. The molecule has 0 atom stereocenters. The van der Waals surface area contributed by atoms with Gasteiger partial charge in [-0.3, -0.25) is 14.7 Å². The summed E-state index contributed by atoms with van der Waals surface area (Å²) >= 11 is 0. The summed E-state index contributed by atoms with van der Waals surface area (Å²) in [5.41, 5.74) is 5.93. The largest absolute Gasteiger partial charge is 0.347 e. The van der Waals surface area contributed by atoms with Crippen LogP contribution < -0.4 is 16.4 Å². The van der Waals surface area contributed by atoms with Crippen LogP contribution in [-0.2, 0) is 9.59 Å². The van der Waals surface area contributed by atoms with E-state index in [1.165, 1.54) is 0 Å². The van der Waals surface area contributed by atoms with Crippen molar-refractivity contribution in [1.82, 2.24) is 15.5 Å². The fraction of sp³-hybridized carbons (Fsp3) is 0.375. The molecule has 0 radical (unpaired) electrons. The number of H-pyrrole nitrogens is 1. The second-order valence-corrected chi connectivity index (χ2v) is 2.93. The molecule has 0 saturated carbocycles. The average molecular weight is 211 g/mol. The van der Waals surface area contributed by atoms with Gasteiger partial charge in [0.25, 0.3) is 0 Å². The normalized spacial score (nSPS) is 9.73. The van der Waals surface area contributed by atoms with Crippen molar-refractivity contribution in [2.45, 2.75) is 6.92 Å². The molecule has 1 rings (SSSR count). The molecule has 5 N–H and O–H groups in total. The zero-order valence-corrected chi connectivity index (χ0v) is 8.33. The smallest absolute Gasteiger partial charge is 0.314 e. The molecule has 1 aromatic heterocycles. The number of amides is 2. The Morgan fingerprint density at radius 2 is 2.27 bits per heavy atom. The number of hydrogen-bond acceptors (Lipinski definition) is 4. The molecule has 7 heteroatoms. The first-order valence-electron chi connectivity index (χ1n) is 4.44. The topological polar surface area (TPSA) is 113 Å². The number of aromatic amines is 1. The number of carbonyl (C=O) groups is 2. The Balaban J connectivity index is 2.49. The summed E-state index contributed by atoms with van der Waals surface area (Å²) in [7, 11) is 0. The zero-order chi connectivity index (χ0) is 11.3. The summed E-state index contributed by atoms with van der Waals surface area (Å²) < 4.78 is 0. The Kier molecular flexibility index (Phi) is 3.81. The molecule has 1 aromatic rings. The van der Waals surface area contributed by atoms with Crippen molar-refractivity contribution in [3.05, 3.63) is 11.8 Å². The number of anilines is 1. The fourth-order valence-electron chi connectivity index (χ4n) is 0.909. The first-order chi connectivity index (χ1) is 7.15. The van der Waals surface area contributed by atoms with Gasteiger partial charge in [-0.2, -0.15) is 5.10 Å². The molecule has 0 unspecified atom stereocenters. The molecule has 1 heterocycles. The summed E-state index contributed by atoms with van der Waals surface area (Å²) in [6, 6.07) is 0.